The summed E-state index contributed by atoms with van der Waals surface area (Å²) in [6.45, 7) is 3.02. The molecule has 1 amide bonds. The van der Waals surface area contributed by atoms with E-state index in [2.05, 4.69) is 5.32 Å². The van der Waals surface area contributed by atoms with Gasteiger partial charge in [-0.25, -0.2) is 0 Å². The molecule has 5 heteroatoms. The fourth-order valence-corrected chi connectivity index (χ4v) is 1.94. The van der Waals surface area contributed by atoms with E-state index >= 15 is 0 Å². The highest BCUT2D eigenvalue weighted by molar-refractivity contribution is 5.77. The summed E-state index contributed by atoms with van der Waals surface area (Å²) in [4.78, 5) is 24.0. The van der Waals surface area contributed by atoms with Crippen molar-refractivity contribution < 1.29 is 14.7 Å². The monoisotopic (exact) mass is 214 g/mol. The van der Waals surface area contributed by atoms with Gasteiger partial charge >= 0.3 is 5.97 Å². The highest BCUT2D eigenvalue weighted by Crippen LogP contribution is 2.22. The Morgan fingerprint density at radius 3 is 2.67 bits per heavy atom. The van der Waals surface area contributed by atoms with E-state index in [9.17, 15) is 9.59 Å². The Kier molecular flexibility index (Phi) is 4.08. The summed E-state index contributed by atoms with van der Waals surface area (Å²) >= 11 is 0. The third-order valence-corrected chi connectivity index (χ3v) is 2.99. The lowest BCUT2D eigenvalue weighted by molar-refractivity contribution is -0.144. The largest absolute Gasteiger partial charge is 0.481 e. The van der Waals surface area contributed by atoms with Crippen LogP contribution in [0.4, 0.5) is 0 Å². The molecule has 15 heavy (non-hydrogen) atoms. The highest BCUT2D eigenvalue weighted by Gasteiger charge is 2.30. The van der Waals surface area contributed by atoms with Gasteiger partial charge in [0, 0.05) is 13.1 Å². The molecular formula is C10H18N2O3. The third-order valence-electron chi connectivity index (χ3n) is 2.99. The second-order valence-corrected chi connectivity index (χ2v) is 4.05. The summed E-state index contributed by atoms with van der Waals surface area (Å²) < 4.78 is 0. The number of aliphatic carboxylic acids is 1. The van der Waals surface area contributed by atoms with Crippen LogP contribution in [0.15, 0.2) is 0 Å². The summed E-state index contributed by atoms with van der Waals surface area (Å²) in [6.07, 6.45) is 1.27. The zero-order valence-corrected chi connectivity index (χ0v) is 9.19. The molecule has 0 aromatic heterocycles. The van der Waals surface area contributed by atoms with Gasteiger partial charge in [-0.1, -0.05) is 0 Å². The smallest absolute Gasteiger partial charge is 0.306 e. The van der Waals surface area contributed by atoms with Crippen molar-refractivity contribution in [1.82, 2.24) is 10.2 Å². The minimum Gasteiger partial charge on any atom is -0.481 e. The van der Waals surface area contributed by atoms with Crippen molar-refractivity contribution in [3.8, 4) is 0 Å². The van der Waals surface area contributed by atoms with E-state index in [0.29, 0.717) is 25.9 Å². The first-order valence-corrected chi connectivity index (χ1v) is 5.22. The Bertz CT molecular complexity index is 255. The molecule has 0 bridgehead atoms. The number of hydrogen-bond donors (Lipinski definition) is 2. The molecule has 2 N–H and O–H groups in total. The van der Waals surface area contributed by atoms with E-state index in [1.54, 1.807) is 7.05 Å². The lowest BCUT2D eigenvalue weighted by atomic mass is 9.92. The number of carbonyl (C=O) groups is 2. The Balaban J connectivity index is 2.45. The number of rotatable bonds is 3. The van der Waals surface area contributed by atoms with Crippen LogP contribution in [0.1, 0.15) is 19.8 Å². The molecule has 0 spiro atoms. The van der Waals surface area contributed by atoms with E-state index in [4.69, 9.17) is 5.11 Å². The van der Waals surface area contributed by atoms with Gasteiger partial charge in [-0.15, -0.1) is 0 Å². The van der Waals surface area contributed by atoms with Gasteiger partial charge in [0.25, 0.3) is 0 Å². The van der Waals surface area contributed by atoms with Crippen molar-refractivity contribution >= 4 is 11.9 Å². The zero-order chi connectivity index (χ0) is 11.4. The summed E-state index contributed by atoms with van der Waals surface area (Å²) in [5.74, 6) is -0.988. The van der Waals surface area contributed by atoms with Gasteiger partial charge in [-0.3, -0.25) is 14.5 Å². The molecule has 0 aromatic rings. The number of carboxylic acids is 1. The fraction of sp³-hybridized carbons (Fsp3) is 0.800. The molecule has 2 unspecified atom stereocenters. The predicted molar refractivity (Wildman–Crippen MR) is 55.5 cm³/mol. The lowest BCUT2D eigenvalue weighted by Crippen LogP contribution is -2.46. The molecule has 1 aliphatic heterocycles. The Hall–Kier alpha value is -1.10. The summed E-state index contributed by atoms with van der Waals surface area (Å²) in [5.41, 5.74) is 0. The maximum atomic E-state index is 11.2. The Morgan fingerprint density at radius 1 is 1.53 bits per heavy atom. The van der Waals surface area contributed by atoms with E-state index < -0.39 is 5.97 Å². The van der Waals surface area contributed by atoms with Gasteiger partial charge in [-0.2, -0.15) is 0 Å². The zero-order valence-electron chi connectivity index (χ0n) is 9.19. The molecule has 86 valence electrons. The van der Waals surface area contributed by atoms with E-state index in [0.717, 1.165) is 0 Å². The molecule has 0 aliphatic carbocycles. The number of carboxylic acid groups (broad SMARTS) is 1. The molecule has 2 atom stereocenters. The average Bonchev–Trinajstić information content (AvgIpc) is 2.20. The number of carbonyl (C=O) groups excluding carboxylic acids is 1. The molecule has 1 rings (SSSR count). The van der Waals surface area contributed by atoms with E-state index in [1.165, 1.54) is 0 Å². The SMILES string of the molecule is CNC(=O)CN1CCC(C(=O)O)CC1C. The number of likely N-dealkylation sites (tertiary alicyclic amines) is 1. The van der Waals surface area contributed by atoms with Crippen molar-refractivity contribution in [3.63, 3.8) is 0 Å². The Morgan fingerprint density at radius 2 is 2.20 bits per heavy atom. The molecule has 0 aromatic carbocycles. The van der Waals surface area contributed by atoms with Crippen molar-refractivity contribution in [2.45, 2.75) is 25.8 Å². The third kappa shape index (κ3) is 3.20. The van der Waals surface area contributed by atoms with Gasteiger partial charge in [-0.05, 0) is 26.3 Å². The maximum absolute atomic E-state index is 11.2. The summed E-state index contributed by atoms with van der Waals surface area (Å²) in [6, 6.07) is 0.164. The lowest BCUT2D eigenvalue weighted by Gasteiger charge is -2.35. The molecule has 5 nitrogen and oxygen atoms in total. The first-order chi connectivity index (χ1) is 7.04. The van der Waals surface area contributed by atoms with Gasteiger partial charge in [0.2, 0.25) is 5.91 Å². The van der Waals surface area contributed by atoms with Crippen LogP contribution in [0.5, 0.6) is 0 Å². The molecule has 1 fully saturated rings. The minimum absolute atomic E-state index is 0.0179. The molecule has 0 radical (unpaired) electrons. The summed E-state index contributed by atoms with van der Waals surface area (Å²) in [5, 5.41) is 11.4. The van der Waals surface area contributed by atoms with Crippen LogP contribution in [0.25, 0.3) is 0 Å². The van der Waals surface area contributed by atoms with Crippen LogP contribution in [-0.4, -0.2) is 48.1 Å². The first-order valence-electron chi connectivity index (χ1n) is 5.22. The van der Waals surface area contributed by atoms with Gasteiger partial charge in [0.1, 0.15) is 0 Å². The second-order valence-electron chi connectivity index (χ2n) is 4.05. The molecular weight excluding hydrogens is 196 g/mol. The predicted octanol–water partition coefficient (Wildman–Crippen LogP) is -0.0825. The molecule has 1 saturated heterocycles. The molecule has 0 saturated carbocycles. The number of piperidine rings is 1. The normalized spacial score (nSPS) is 27.3. The van der Waals surface area contributed by atoms with Crippen LogP contribution >= 0.6 is 0 Å². The van der Waals surface area contributed by atoms with Gasteiger partial charge in [0.15, 0.2) is 0 Å². The van der Waals surface area contributed by atoms with Crippen molar-refractivity contribution in [1.29, 1.82) is 0 Å². The van der Waals surface area contributed by atoms with Crippen molar-refractivity contribution in [2.24, 2.45) is 5.92 Å². The molecule has 1 aliphatic rings. The van der Waals surface area contributed by atoms with Crippen molar-refractivity contribution in [2.75, 3.05) is 20.1 Å². The van der Waals surface area contributed by atoms with Crippen LogP contribution in [-0.2, 0) is 9.59 Å². The second kappa shape index (κ2) is 5.11. The number of likely N-dealkylation sites (N-methyl/N-ethyl adjacent to an activating group) is 1. The van der Waals surface area contributed by atoms with Crippen LogP contribution in [0.3, 0.4) is 0 Å². The average molecular weight is 214 g/mol. The molecule has 1 heterocycles. The first kappa shape index (κ1) is 12.0. The number of hydrogen-bond acceptors (Lipinski definition) is 3. The topological polar surface area (TPSA) is 69.6 Å². The Labute approximate surface area is 89.4 Å². The number of nitrogens with one attached hydrogen (secondary N) is 1. The van der Waals surface area contributed by atoms with E-state index in [-0.39, 0.29) is 17.9 Å². The van der Waals surface area contributed by atoms with Gasteiger partial charge < -0.3 is 10.4 Å². The minimum atomic E-state index is -0.721. The quantitative estimate of drug-likeness (QED) is 0.689. The summed E-state index contributed by atoms with van der Waals surface area (Å²) in [7, 11) is 1.61. The fourth-order valence-electron chi connectivity index (χ4n) is 1.94. The van der Waals surface area contributed by atoms with Crippen LogP contribution in [0, 0.1) is 5.92 Å². The standard InChI is InChI=1S/C10H18N2O3/c1-7-5-8(10(14)15)3-4-12(7)6-9(13)11-2/h7-8H,3-6H2,1-2H3,(H,11,13)(H,14,15). The van der Waals surface area contributed by atoms with Crippen LogP contribution < -0.4 is 5.32 Å². The number of amides is 1. The maximum Gasteiger partial charge on any atom is 0.306 e. The van der Waals surface area contributed by atoms with Gasteiger partial charge in [0.05, 0.1) is 12.5 Å². The highest BCUT2D eigenvalue weighted by atomic mass is 16.4. The van der Waals surface area contributed by atoms with E-state index in [1.807, 2.05) is 11.8 Å². The van der Waals surface area contributed by atoms with Crippen LogP contribution in [0.2, 0.25) is 0 Å². The number of nitrogens with zero attached hydrogens (tertiary/aromatic N) is 1. The van der Waals surface area contributed by atoms with Crippen molar-refractivity contribution in [3.05, 3.63) is 0 Å².